The molecule has 110 valence electrons. The predicted molar refractivity (Wildman–Crippen MR) is 80.5 cm³/mol. The third kappa shape index (κ3) is 2.77. The van der Waals surface area contributed by atoms with Crippen LogP contribution in [0.1, 0.15) is 22.1 Å². The molecule has 0 spiro atoms. The Balaban J connectivity index is 1.66. The van der Waals surface area contributed by atoms with Gasteiger partial charge < -0.3 is 14.2 Å². The maximum atomic E-state index is 12.5. The monoisotopic (exact) mass is 285 g/mol. The number of rotatable bonds is 2. The molecule has 0 unspecified atom stereocenters. The quantitative estimate of drug-likeness (QED) is 0.849. The van der Waals surface area contributed by atoms with Gasteiger partial charge in [-0.15, -0.1) is 0 Å². The number of para-hydroxylation sites is 1. The van der Waals surface area contributed by atoms with Gasteiger partial charge in [0.2, 0.25) is 0 Å². The van der Waals surface area contributed by atoms with E-state index >= 15 is 0 Å². The van der Waals surface area contributed by atoms with Crippen molar-refractivity contribution in [2.75, 3.05) is 31.1 Å². The fourth-order valence-electron chi connectivity index (χ4n) is 2.68. The number of nitrogens with zero attached hydrogens (tertiary/aromatic N) is 3. The number of anilines is 1. The molecule has 0 radical (unpaired) electrons. The zero-order valence-electron chi connectivity index (χ0n) is 12.4. The van der Waals surface area contributed by atoms with Crippen molar-refractivity contribution in [3.8, 4) is 0 Å². The number of aryl methyl sites for hydroxylation is 2. The highest BCUT2D eigenvalue weighted by Crippen LogP contribution is 2.18. The van der Waals surface area contributed by atoms with Crippen molar-refractivity contribution in [2.45, 2.75) is 13.8 Å². The largest absolute Gasteiger partial charge is 0.445 e. The van der Waals surface area contributed by atoms with Gasteiger partial charge in [0.1, 0.15) is 5.76 Å². The van der Waals surface area contributed by atoms with Crippen molar-refractivity contribution >= 4 is 11.6 Å². The fourth-order valence-corrected chi connectivity index (χ4v) is 2.68. The Morgan fingerprint density at radius 2 is 1.76 bits per heavy atom. The molecule has 1 aromatic heterocycles. The Morgan fingerprint density at radius 3 is 2.33 bits per heavy atom. The molecule has 0 bridgehead atoms. The van der Waals surface area contributed by atoms with Gasteiger partial charge in [0.15, 0.2) is 11.6 Å². The minimum atomic E-state index is -0.0305. The first kappa shape index (κ1) is 13.7. The van der Waals surface area contributed by atoms with Crippen molar-refractivity contribution < 1.29 is 9.21 Å². The number of amides is 1. The maximum absolute atomic E-state index is 12.5. The number of hydrogen-bond donors (Lipinski definition) is 0. The zero-order chi connectivity index (χ0) is 14.8. The van der Waals surface area contributed by atoms with Crippen LogP contribution < -0.4 is 4.90 Å². The van der Waals surface area contributed by atoms with Crippen molar-refractivity contribution in [3.63, 3.8) is 0 Å². The first-order valence-corrected chi connectivity index (χ1v) is 7.18. The van der Waals surface area contributed by atoms with E-state index < -0.39 is 0 Å². The summed E-state index contributed by atoms with van der Waals surface area (Å²) in [5, 5.41) is 0. The van der Waals surface area contributed by atoms with Gasteiger partial charge in [0.25, 0.3) is 5.91 Å². The molecule has 0 saturated carbocycles. The van der Waals surface area contributed by atoms with E-state index in [1.54, 1.807) is 13.8 Å². The number of carbonyl (C=O) groups is 1. The van der Waals surface area contributed by atoms with Crippen molar-refractivity contribution in [1.82, 2.24) is 9.88 Å². The second-order valence-corrected chi connectivity index (χ2v) is 5.25. The Bertz CT molecular complexity index is 628. The number of piperazine rings is 1. The van der Waals surface area contributed by atoms with Crippen molar-refractivity contribution in [1.29, 1.82) is 0 Å². The molecular formula is C16H19N3O2. The summed E-state index contributed by atoms with van der Waals surface area (Å²) in [5.41, 5.74) is 1.65. The van der Waals surface area contributed by atoms with Gasteiger partial charge in [0, 0.05) is 38.8 Å². The van der Waals surface area contributed by atoms with Crippen molar-refractivity contribution in [3.05, 3.63) is 47.7 Å². The maximum Gasteiger partial charge on any atom is 0.276 e. The third-order valence-electron chi connectivity index (χ3n) is 3.79. The average Bonchev–Trinajstić information content (AvgIpc) is 2.86. The van der Waals surface area contributed by atoms with E-state index in [1.165, 1.54) is 5.69 Å². The molecule has 1 aromatic carbocycles. The summed E-state index contributed by atoms with van der Waals surface area (Å²) in [6.07, 6.45) is 0. The molecule has 3 rings (SSSR count). The lowest BCUT2D eigenvalue weighted by atomic mass is 10.2. The molecule has 0 atom stereocenters. The van der Waals surface area contributed by atoms with Crippen molar-refractivity contribution in [2.24, 2.45) is 0 Å². The first-order chi connectivity index (χ1) is 10.1. The molecule has 1 aliphatic heterocycles. The van der Waals surface area contributed by atoms with Crippen LogP contribution in [0.3, 0.4) is 0 Å². The third-order valence-corrected chi connectivity index (χ3v) is 3.79. The number of oxazole rings is 1. The van der Waals surface area contributed by atoms with Crippen LogP contribution in [0.2, 0.25) is 0 Å². The lowest BCUT2D eigenvalue weighted by Crippen LogP contribution is -2.49. The average molecular weight is 285 g/mol. The predicted octanol–water partition coefficient (Wildman–Crippen LogP) is 2.25. The second kappa shape index (κ2) is 5.60. The van der Waals surface area contributed by atoms with E-state index in [2.05, 4.69) is 22.0 Å². The van der Waals surface area contributed by atoms with E-state index in [4.69, 9.17) is 4.42 Å². The van der Waals surface area contributed by atoms with Crippen LogP contribution in [0, 0.1) is 13.8 Å². The van der Waals surface area contributed by atoms with Crippen LogP contribution in [-0.4, -0.2) is 42.0 Å². The molecule has 0 aliphatic carbocycles. The first-order valence-electron chi connectivity index (χ1n) is 7.18. The Kier molecular flexibility index (Phi) is 3.64. The lowest BCUT2D eigenvalue weighted by Gasteiger charge is -2.35. The van der Waals surface area contributed by atoms with Crippen LogP contribution in [0.25, 0.3) is 0 Å². The highest BCUT2D eigenvalue weighted by atomic mass is 16.4. The summed E-state index contributed by atoms with van der Waals surface area (Å²) >= 11 is 0. The summed E-state index contributed by atoms with van der Waals surface area (Å²) in [6, 6.07) is 10.3. The molecule has 2 heterocycles. The molecule has 1 saturated heterocycles. The van der Waals surface area contributed by atoms with E-state index in [-0.39, 0.29) is 5.91 Å². The summed E-state index contributed by atoms with van der Waals surface area (Å²) in [6.45, 7) is 6.64. The highest BCUT2D eigenvalue weighted by molar-refractivity contribution is 5.93. The van der Waals surface area contributed by atoms with E-state index in [1.807, 2.05) is 23.1 Å². The van der Waals surface area contributed by atoms with Crippen LogP contribution in [0.15, 0.2) is 34.7 Å². The number of carbonyl (C=O) groups excluding carboxylic acids is 1. The molecule has 1 fully saturated rings. The normalized spacial score (nSPS) is 15.3. The number of benzene rings is 1. The smallest absolute Gasteiger partial charge is 0.276 e. The van der Waals surface area contributed by atoms with Crippen LogP contribution in [0.4, 0.5) is 5.69 Å². The van der Waals surface area contributed by atoms with Crippen LogP contribution >= 0.6 is 0 Å². The topological polar surface area (TPSA) is 49.6 Å². The van der Waals surface area contributed by atoms with Crippen LogP contribution in [-0.2, 0) is 0 Å². The minimum absolute atomic E-state index is 0.0305. The molecule has 1 aliphatic rings. The Labute approximate surface area is 124 Å². The van der Waals surface area contributed by atoms with E-state index in [0.29, 0.717) is 30.4 Å². The standard InChI is InChI=1S/C16H19N3O2/c1-12-15(17-13(2)21-12)16(20)19-10-8-18(9-11-19)14-6-4-3-5-7-14/h3-7H,8-11H2,1-2H3. The minimum Gasteiger partial charge on any atom is -0.445 e. The highest BCUT2D eigenvalue weighted by Gasteiger charge is 2.25. The van der Waals surface area contributed by atoms with Gasteiger partial charge in [-0.2, -0.15) is 0 Å². The lowest BCUT2D eigenvalue weighted by molar-refractivity contribution is 0.0740. The second-order valence-electron chi connectivity index (χ2n) is 5.25. The van der Waals surface area contributed by atoms with E-state index in [9.17, 15) is 4.79 Å². The molecule has 1 amide bonds. The van der Waals surface area contributed by atoms with Crippen LogP contribution in [0.5, 0.6) is 0 Å². The molecule has 2 aromatic rings. The molecular weight excluding hydrogens is 266 g/mol. The molecule has 21 heavy (non-hydrogen) atoms. The number of hydrogen-bond acceptors (Lipinski definition) is 4. The van der Waals surface area contributed by atoms with Gasteiger partial charge in [-0.25, -0.2) is 4.98 Å². The zero-order valence-corrected chi connectivity index (χ0v) is 12.4. The molecule has 5 heteroatoms. The summed E-state index contributed by atoms with van der Waals surface area (Å²) in [7, 11) is 0. The molecule has 0 N–H and O–H groups in total. The molecule has 5 nitrogen and oxygen atoms in total. The van der Waals surface area contributed by atoms with Gasteiger partial charge >= 0.3 is 0 Å². The van der Waals surface area contributed by atoms with Gasteiger partial charge in [0.05, 0.1) is 0 Å². The number of aromatic nitrogens is 1. The summed E-state index contributed by atoms with van der Waals surface area (Å²) < 4.78 is 5.35. The van der Waals surface area contributed by atoms with Gasteiger partial charge in [-0.05, 0) is 19.1 Å². The Morgan fingerprint density at radius 1 is 1.10 bits per heavy atom. The SMILES string of the molecule is Cc1nc(C(=O)N2CCN(c3ccccc3)CC2)c(C)o1. The Hall–Kier alpha value is -2.30. The summed E-state index contributed by atoms with van der Waals surface area (Å²) in [4.78, 5) is 20.8. The van der Waals surface area contributed by atoms with Gasteiger partial charge in [-0.1, -0.05) is 18.2 Å². The summed E-state index contributed by atoms with van der Waals surface area (Å²) in [5.74, 6) is 1.11. The fraction of sp³-hybridized carbons (Fsp3) is 0.375. The van der Waals surface area contributed by atoms with Gasteiger partial charge in [-0.3, -0.25) is 4.79 Å². The van der Waals surface area contributed by atoms with E-state index in [0.717, 1.165) is 13.1 Å².